The van der Waals surface area contributed by atoms with Crippen LogP contribution in [0.25, 0.3) is 11.3 Å². The van der Waals surface area contributed by atoms with Crippen molar-refractivity contribution >= 4 is 28.9 Å². The molecular weight excluding hydrogens is 346 g/mol. The Hall–Kier alpha value is -3.19. The van der Waals surface area contributed by atoms with E-state index in [4.69, 9.17) is 16.1 Å². The maximum absolute atomic E-state index is 12.7. The second-order valence-electron chi connectivity index (χ2n) is 5.17. The van der Waals surface area contributed by atoms with Crippen molar-refractivity contribution in [2.45, 2.75) is 6.92 Å². The Morgan fingerprint density at radius 3 is 2.60 bits per heavy atom. The number of carbonyl (C=O) groups excluding carboxylic acids is 1. The monoisotopic (exact) mass is 357 g/mol. The predicted molar refractivity (Wildman–Crippen MR) is 92.7 cm³/mol. The van der Waals surface area contributed by atoms with Crippen LogP contribution in [0.2, 0.25) is 5.02 Å². The normalized spacial score (nSPS) is 10.5. The number of rotatable bonds is 4. The molecule has 0 saturated carbocycles. The van der Waals surface area contributed by atoms with Crippen molar-refractivity contribution in [2.24, 2.45) is 0 Å². The van der Waals surface area contributed by atoms with Gasteiger partial charge in [-0.15, -0.1) is 0 Å². The van der Waals surface area contributed by atoms with Crippen molar-refractivity contribution in [3.8, 4) is 11.3 Å². The van der Waals surface area contributed by atoms with Crippen LogP contribution in [0.1, 0.15) is 16.1 Å². The van der Waals surface area contributed by atoms with Gasteiger partial charge in [0.25, 0.3) is 11.6 Å². The first kappa shape index (κ1) is 16.7. The summed E-state index contributed by atoms with van der Waals surface area (Å²) in [5.74, 6) is -0.283. The Balaban J connectivity index is 2.01. The van der Waals surface area contributed by atoms with Gasteiger partial charge in [-0.3, -0.25) is 14.9 Å². The third-order valence-corrected chi connectivity index (χ3v) is 3.90. The number of aromatic nitrogens is 1. The topological polar surface area (TPSA) is 98.3 Å². The average Bonchev–Trinajstić information content (AvgIpc) is 2.97. The minimum Gasteiger partial charge on any atom is -0.360 e. The van der Waals surface area contributed by atoms with Gasteiger partial charge >= 0.3 is 0 Å². The summed E-state index contributed by atoms with van der Waals surface area (Å²) in [5.41, 5.74) is 0.867. The Kier molecular flexibility index (Phi) is 4.49. The first-order valence-corrected chi connectivity index (χ1v) is 7.62. The molecule has 3 aromatic rings. The van der Waals surface area contributed by atoms with Crippen molar-refractivity contribution < 1.29 is 14.2 Å². The molecule has 0 fully saturated rings. The number of hydrogen-bond donors (Lipinski definition) is 1. The summed E-state index contributed by atoms with van der Waals surface area (Å²) in [6.07, 6.45) is 0. The minimum atomic E-state index is -0.567. The largest absolute Gasteiger partial charge is 0.360 e. The van der Waals surface area contributed by atoms with Crippen molar-refractivity contribution in [3.63, 3.8) is 0 Å². The van der Waals surface area contributed by atoms with E-state index in [9.17, 15) is 14.9 Å². The first-order chi connectivity index (χ1) is 12.0. The minimum absolute atomic E-state index is 0.0863. The average molecular weight is 358 g/mol. The standard InChI is InChI=1S/C17H12ClN3O4/c1-10-15(16(20-25-10)11-6-2-3-7-12(11)18)17(22)19-13-8-4-5-9-14(13)21(23)24/h2-9H,1H3,(H,19,22). The number of nitro benzene ring substituents is 1. The second-order valence-corrected chi connectivity index (χ2v) is 5.58. The first-order valence-electron chi connectivity index (χ1n) is 7.25. The highest BCUT2D eigenvalue weighted by molar-refractivity contribution is 6.33. The highest BCUT2D eigenvalue weighted by atomic mass is 35.5. The summed E-state index contributed by atoms with van der Waals surface area (Å²) in [6.45, 7) is 1.58. The molecule has 7 nitrogen and oxygen atoms in total. The molecule has 0 unspecified atom stereocenters. The molecule has 0 atom stereocenters. The molecule has 0 bridgehead atoms. The fourth-order valence-electron chi connectivity index (χ4n) is 2.40. The molecular formula is C17H12ClN3O4. The maximum atomic E-state index is 12.7. The number of halogens is 1. The quantitative estimate of drug-likeness (QED) is 0.549. The molecule has 1 amide bonds. The van der Waals surface area contributed by atoms with Crippen LogP contribution in [0, 0.1) is 17.0 Å². The Morgan fingerprint density at radius 1 is 1.20 bits per heavy atom. The fraction of sp³-hybridized carbons (Fsp3) is 0.0588. The SMILES string of the molecule is Cc1onc(-c2ccccc2Cl)c1C(=O)Nc1ccccc1[N+](=O)[O-]. The number of hydrogen-bond acceptors (Lipinski definition) is 5. The van der Waals surface area contributed by atoms with Crippen LogP contribution in [0.4, 0.5) is 11.4 Å². The number of nitrogens with zero attached hydrogens (tertiary/aromatic N) is 2. The Bertz CT molecular complexity index is 968. The van der Waals surface area contributed by atoms with Crippen LogP contribution in [-0.2, 0) is 0 Å². The number of anilines is 1. The molecule has 0 aliphatic carbocycles. The number of para-hydroxylation sites is 2. The van der Waals surface area contributed by atoms with Gasteiger partial charge in [-0.2, -0.15) is 0 Å². The zero-order chi connectivity index (χ0) is 18.0. The van der Waals surface area contributed by atoms with Gasteiger partial charge in [-0.1, -0.05) is 47.1 Å². The van der Waals surface area contributed by atoms with Gasteiger partial charge < -0.3 is 9.84 Å². The lowest BCUT2D eigenvalue weighted by molar-refractivity contribution is -0.383. The number of carbonyl (C=O) groups is 1. The molecule has 0 aliphatic heterocycles. The third-order valence-electron chi connectivity index (χ3n) is 3.57. The van der Waals surface area contributed by atoms with E-state index >= 15 is 0 Å². The van der Waals surface area contributed by atoms with Crippen LogP contribution < -0.4 is 5.32 Å². The zero-order valence-electron chi connectivity index (χ0n) is 13.0. The van der Waals surface area contributed by atoms with Crippen molar-refractivity contribution in [3.05, 3.63) is 75.0 Å². The molecule has 2 aromatic carbocycles. The van der Waals surface area contributed by atoms with E-state index in [-0.39, 0.29) is 28.4 Å². The summed E-state index contributed by atoms with van der Waals surface area (Å²) in [7, 11) is 0. The molecule has 1 heterocycles. The van der Waals surface area contributed by atoms with Gasteiger partial charge in [-0.25, -0.2) is 0 Å². The number of amides is 1. The summed E-state index contributed by atoms with van der Waals surface area (Å²) in [6, 6.07) is 12.8. The van der Waals surface area contributed by atoms with Gasteiger partial charge in [-0.05, 0) is 19.1 Å². The Morgan fingerprint density at radius 2 is 1.88 bits per heavy atom. The second kappa shape index (κ2) is 6.74. The summed E-state index contributed by atoms with van der Waals surface area (Å²) < 4.78 is 5.14. The molecule has 1 aromatic heterocycles. The number of benzene rings is 2. The smallest absolute Gasteiger partial charge is 0.292 e. The number of nitro groups is 1. The summed E-state index contributed by atoms with van der Waals surface area (Å²) >= 11 is 6.17. The van der Waals surface area contributed by atoms with Crippen molar-refractivity contribution in [1.29, 1.82) is 0 Å². The van der Waals surface area contributed by atoms with Crippen molar-refractivity contribution in [2.75, 3.05) is 5.32 Å². The van der Waals surface area contributed by atoms with Gasteiger partial charge in [0.15, 0.2) is 0 Å². The van der Waals surface area contributed by atoms with Gasteiger partial charge in [0.1, 0.15) is 22.7 Å². The molecule has 1 N–H and O–H groups in total. The van der Waals surface area contributed by atoms with Crippen LogP contribution in [-0.4, -0.2) is 16.0 Å². The highest BCUT2D eigenvalue weighted by Gasteiger charge is 2.25. The summed E-state index contributed by atoms with van der Waals surface area (Å²) in [4.78, 5) is 23.2. The zero-order valence-corrected chi connectivity index (χ0v) is 13.8. The van der Waals surface area contributed by atoms with Crippen LogP contribution in [0.3, 0.4) is 0 Å². The Labute approximate surface area is 147 Å². The predicted octanol–water partition coefficient (Wildman–Crippen LogP) is 4.46. The van der Waals surface area contributed by atoms with Crippen LogP contribution in [0.15, 0.2) is 53.1 Å². The van der Waals surface area contributed by atoms with E-state index in [0.29, 0.717) is 10.6 Å². The number of nitrogens with one attached hydrogen (secondary N) is 1. The van der Waals surface area contributed by atoms with Gasteiger partial charge in [0.2, 0.25) is 0 Å². The lowest BCUT2D eigenvalue weighted by Gasteiger charge is -2.07. The van der Waals surface area contributed by atoms with E-state index in [1.54, 1.807) is 37.3 Å². The van der Waals surface area contributed by atoms with E-state index in [1.165, 1.54) is 18.2 Å². The molecule has 0 radical (unpaired) electrons. The van der Waals surface area contributed by atoms with Crippen molar-refractivity contribution in [1.82, 2.24) is 5.16 Å². The lowest BCUT2D eigenvalue weighted by atomic mass is 10.1. The van der Waals surface area contributed by atoms with Crippen LogP contribution in [0.5, 0.6) is 0 Å². The molecule has 3 rings (SSSR count). The molecule has 0 saturated heterocycles. The highest BCUT2D eigenvalue weighted by Crippen LogP contribution is 2.32. The van der Waals surface area contributed by atoms with Gasteiger partial charge in [0.05, 0.1) is 9.95 Å². The van der Waals surface area contributed by atoms with E-state index in [2.05, 4.69) is 10.5 Å². The lowest BCUT2D eigenvalue weighted by Crippen LogP contribution is -2.14. The van der Waals surface area contributed by atoms with E-state index in [1.807, 2.05) is 0 Å². The summed E-state index contributed by atoms with van der Waals surface area (Å²) in [5, 5.41) is 18.0. The molecule has 0 spiro atoms. The van der Waals surface area contributed by atoms with E-state index in [0.717, 1.165) is 0 Å². The third kappa shape index (κ3) is 3.22. The molecule has 25 heavy (non-hydrogen) atoms. The van der Waals surface area contributed by atoms with Gasteiger partial charge in [0, 0.05) is 11.6 Å². The maximum Gasteiger partial charge on any atom is 0.292 e. The van der Waals surface area contributed by atoms with Crippen LogP contribution >= 0.6 is 11.6 Å². The number of aryl methyl sites for hydroxylation is 1. The molecule has 126 valence electrons. The van der Waals surface area contributed by atoms with E-state index < -0.39 is 10.8 Å². The molecule has 8 heteroatoms. The fourth-order valence-corrected chi connectivity index (χ4v) is 2.63. The molecule has 0 aliphatic rings.